The molecule has 1 amide bonds. The van der Waals surface area contributed by atoms with Crippen LogP contribution in [0.1, 0.15) is 42.6 Å². The molecule has 0 aliphatic carbocycles. The van der Waals surface area contributed by atoms with E-state index in [0.717, 1.165) is 18.4 Å². The van der Waals surface area contributed by atoms with Crippen LogP contribution in [0, 0.1) is 6.92 Å². The fourth-order valence-corrected chi connectivity index (χ4v) is 2.90. The van der Waals surface area contributed by atoms with Crippen molar-refractivity contribution in [3.05, 3.63) is 29.3 Å². The van der Waals surface area contributed by atoms with Crippen LogP contribution in [0.4, 0.5) is 0 Å². The van der Waals surface area contributed by atoms with Gasteiger partial charge in [0, 0.05) is 18.7 Å². The maximum Gasteiger partial charge on any atom is 0.254 e. The first-order valence-electron chi connectivity index (χ1n) is 7.20. The molecule has 0 aliphatic heterocycles. The summed E-state index contributed by atoms with van der Waals surface area (Å²) in [5, 5.41) is 0. The van der Waals surface area contributed by atoms with Crippen LogP contribution >= 0.6 is 0 Å². The second-order valence-electron chi connectivity index (χ2n) is 4.98. The van der Waals surface area contributed by atoms with Crippen molar-refractivity contribution in [3.63, 3.8) is 0 Å². The van der Waals surface area contributed by atoms with E-state index in [1.165, 1.54) is 19.2 Å². The first-order chi connectivity index (χ1) is 9.87. The van der Waals surface area contributed by atoms with Gasteiger partial charge in [0.15, 0.2) is 0 Å². The summed E-state index contributed by atoms with van der Waals surface area (Å²) in [6, 6.07) is 4.65. The standard InChI is InChI=1S/C15H24N2O3S/c1-5-9-17(10-6-2)15(18)14-11-13(8-7-12(14)3)21(19,20)16-4/h7-8,11,16H,5-6,9-10H2,1-4H3. The van der Waals surface area contributed by atoms with Gasteiger partial charge in [0.1, 0.15) is 0 Å². The van der Waals surface area contributed by atoms with Gasteiger partial charge < -0.3 is 4.90 Å². The molecular formula is C15H24N2O3S. The quantitative estimate of drug-likeness (QED) is 0.839. The van der Waals surface area contributed by atoms with Gasteiger partial charge >= 0.3 is 0 Å². The van der Waals surface area contributed by atoms with Crippen molar-refractivity contribution in [2.75, 3.05) is 20.1 Å². The molecule has 1 rings (SSSR count). The zero-order valence-corrected chi connectivity index (χ0v) is 14.0. The lowest BCUT2D eigenvalue weighted by atomic mass is 10.1. The Hall–Kier alpha value is -1.40. The predicted molar refractivity (Wildman–Crippen MR) is 83.9 cm³/mol. The number of sulfonamides is 1. The van der Waals surface area contributed by atoms with E-state index in [4.69, 9.17) is 0 Å². The van der Waals surface area contributed by atoms with Crippen molar-refractivity contribution < 1.29 is 13.2 Å². The Morgan fingerprint density at radius 3 is 2.24 bits per heavy atom. The van der Waals surface area contributed by atoms with Crippen LogP contribution in [0.15, 0.2) is 23.1 Å². The average Bonchev–Trinajstić information content (AvgIpc) is 2.46. The van der Waals surface area contributed by atoms with Gasteiger partial charge in [0.2, 0.25) is 10.0 Å². The lowest BCUT2D eigenvalue weighted by molar-refractivity contribution is 0.0754. The average molecular weight is 312 g/mol. The van der Waals surface area contributed by atoms with Gasteiger partial charge in [-0.3, -0.25) is 4.79 Å². The van der Waals surface area contributed by atoms with Gasteiger partial charge in [-0.05, 0) is 44.5 Å². The molecule has 0 aromatic heterocycles. The van der Waals surface area contributed by atoms with Crippen molar-refractivity contribution in [1.82, 2.24) is 9.62 Å². The molecule has 0 heterocycles. The number of hydrogen-bond donors (Lipinski definition) is 1. The van der Waals surface area contributed by atoms with E-state index in [9.17, 15) is 13.2 Å². The van der Waals surface area contributed by atoms with Crippen molar-refractivity contribution in [2.45, 2.75) is 38.5 Å². The molecule has 0 spiro atoms. The molecule has 21 heavy (non-hydrogen) atoms. The molecule has 1 aromatic rings. The monoisotopic (exact) mass is 312 g/mol. The summed E-state index contributed by atoms with van der Waals surface area (Å²) in [6.45, 7) is 7.21. The molecule has 5 nitrogen and oxygen atoms in total. The number of amides is 1. The molecular weight excluding hydrogens is 288 g/mol. The normalized spacial score (nSPS) is 11.4. The molecule has 0 unspecified atom stereocenters. The van der Waals surface area contributed by atoms with Gasteiger partial charge in [0.05, 0.1) is 4.90 Å². The third kappa shape index (κ3) is 4.28. The van der Waals surface area contributed by atoms with Gasteiger partial charge in [0.25, 0.3) is 5.91 Å². The lowest BCUT2D eigenvalue weighted by Gasteiger charge is -2.22. The summed E-state index contributed by atoms with van der Waals surface area (Å²) >= 11 is 0. The molecule has 0 saturated carbocycles. The Kier molecular flexibility index (Phi) is 6.36. The van der Waals surface area contributed by atoms with Crippen molar-refractivity contribution in [3.8, 4) is 0 Å². The third-order valence-electron chi connectivity index (χ3n) is 3.29. The van der Waals surface area contributed by atoms with E-state index in [1.807, 2.05) is 20.8 Å². The first-order valence-corrected chi connectivity index (χ1v) is 8.69. The summed E-state index contributed by atoms with van der Waals surface area (Å²) in [5.74, 6) is -0.107. The largest absolute Gasteiger partial charge is 0.339 e. The third-order valence-corrected chi connectivity index (χ3v) is 4.70. The Balaban J connectivity index is 3.22. The molecule has 0 bridgehead atoms. The minimum absolute atomic E-state index is 0.107. The minimum atomic E-state index is -3.54. The molecule has 6 heteroatoms. The highest BCUT2D eigenvalue weighted by Gasteiger charge is 2.20. The molecule has 0 fully saturated rings. The van der Waals surface area contributed by atoms with E-state index in [1.54, 1.807) is 11.0 Å². The molecule has 0 radical (unpaired) electrons. The number of carbonyl (C=O) groups excluding carboxylic acids is 1. The summed E-state index contributed by atoms with van der Waals surface area (Å²) in [7, 11) is -2.18. The summed E-state index contributed by atoms with van der Waals surface area (Å²) < 4.78 is 26.0. The molecule has 1 aromatic carbocycles. The van der Waals surface area contributed by atoms with Crippen molar-refractivity contribution >= 4 is 15.9 Å². The van der Waals surface area contributed by atoms with E-state index >= 15 is 0 Å². The number of nitrogens with zero attached hydrogens (tertiary/aromatic N) is 1. The van der Waals surface area contributed by atoms with E-state index in [-0.39, 0.29) is 10.8 Å². The zero-order valence-electron chi connectivity index (χ0n) is 13.1. The molecule has 1 N–H and O–H groups in total. The number of hydrogen-bond acceptors (Lipinski definition) is 3. The summed E-state index contributed by atoms with van der Waals surface area (Å²) in [5.41, 5.74) is 1.24. The number of rotatable bonds is 7. The second kappa shape index (κ2) is 7.56. The Bertz CT molecular complexity index is 591. The smallest absolute Gasteiger partial charge is 0.254 e. The number of nitrogens with one attached hydrogen (secondary N) is 1. The van der Waals surface area contributed by atoms with E-state index in [0.29, 0.717) is 18.7 Å². The molecule has 0 atom stereocenters. The predicted octanol–water partition coefficient (Wildman–Crippen LogP) is 2.17. The topological polar surface area (TPSA) is 66.5 Å². The second-order valence-corrected chi connectivity index (χ2v) is 6.86. The van der Waals surface area contributed by atoms with Crippen LogP contribution in [-0.2, 0) is 10.0 Å². The molecule has 0 aliphatic rings. The van der Waals surface area contributed by atoms with Crippen LogP contribution in [-0.4, -0.2) is 39.4 Å². The highest BCUT2D eigenvalue weighted by atomic mass is 32.2. The molecule has 0 saturated heterocycles. The van der Waals surface area contributed by atoms with E-state index < -0.39 is 10.0 Å². The number of aryl methyl sites for hydroxylation is 1. The maximum absolute atomic E-state index is 12.6. The number of carbonyl (C=O) groups is 1. The minimum Gasteiger partial charge on any atom is -0.339 e. The Labute approximate surface area is 127 Å². The van der Waals surface area contributed by atoms with Crippen LogP contribution in [0.25, 0.3) is 0 Å². The van der Waals surface area contributed by atoms with Gasteiger partial charge in [-0.2, -0.15) is 0 Å². The highest BCUT2D eigenvalue weighted by Crippen LogP contribution is 2.17. The summed E-state index contributed by atoms with van der Waals surface area (Å²) in [6.07, 6.45) is 1.75. The van der Waals surface area contributed by atoms with Crippen LogP contribution < -0.4 is 4.72 Å². The van der Waals surface area contributed by atoms with Crippen molar-refractivity contribution in [1.29, 1.82) is 0 Å². The fourth-order valence-electron chi connectivity index (χ4n) is 2.14. The van der Waals surface area contributed by atoms with Crippen molar-refractivity contribution in [2.24, 2.45) is 0 Å². The summed E-state index contributed by atoms with van der Waals surface area (Å²) in [4.78, 5) is 14.5. The fraction of sp³-hybridized carbons (Fsp3) is 0.533. The lowest BCUT2D eigenvalue weighted by Crippen LogP contribution is -2.33. The van der Waals surface area contributed by atoms with Gasteiger partial charge in [-0.25, -0.2) is 13.1 Å². The maximum atomic E-state index is 12.6. The first kappa shape index (κ1) is 17.7. The Morgan fingerprint density at radius 1 is 1.19 bits per heavy atom. The van der Waals surface area contributed by atoms with Crippen LogP contribution in [0.2, 0.25) is 0 Å². The van der Waals surface area contributed by atoms with E-state index in [2.05, 4.69) is 4.72 Å². The zero-order chi connectivity index (χ0) is 16.0. The Morgan fingerprint density at radius 2 is 1.76 bits per heavy atom. The SMILES string of the molecule is CCCN(CCC)C(=O)c1cc(S(=O)(=O)NC)ccc1C. The van der Waals surface area contributed by atoms with Crippen LogP contribution in [0.5, 0.6) is 0 Å². The van der Waals surface area contributed by atoms with Crippen LogP contribution in [0.3, 0.4) is 0 Å². The number of benzene rings is 1. The molecule has 118 valence electrons. The van der Waals surface area contributed by atoms with Gasteiger partial charge in [-0.1, -0.05) is 19.9 Å². The van der Waals surface area contributed by atoms with Gasteiger partial charge in [-0.15, -0.1) is 0 Å². The highest BCUT2D eigenvalue weighted by molar-refractivity contribution is 7.89.